The molecule has 130 valence electrons. The zero-order valence-corrected chi connectivity index (χ0v) is 16.1. The lowest BCUT2D eigenvalue weighted by Gasteiger charge is -2.10. The van der Waals surface area contributed by atoms with Crippen molar-refractivity contribution in [3.8, 4) is 0 Å². The average Bonchev–Trinajstić information content (AvgIpc) is 2.95. The highest BCUT2D eigenvalue weighted by atomic mass is 32.2. The summed E-state index contributed by atoms with van der Waals surface area (Å²) in [6.07, 6.45) is 1.06. The highest BCUT2D eigenvalue weighted by molar-refractivity contribution is 7.98. The Balaban J connectivity index is 2.11. The van der Waals surface area contributed by atoms with Crippen molar-refractivity contribution in [3.05, 3.63) is 28.2 Å². The molecule has 0 unspecified atom stereocenters. The summed E-state index contributed by atoms with van der Waals surface area (Å²) in [6, 6.07) is 0. The predicted molar refractivity (Wildman–Crippen MR) is 104 cm³/mol. The van der Waals surface area contributed by atoms with Gasteiger partial charge in [0, 0.05) is 17.7 Å². The van der Waals surface area contributed by atoms with Crippen LogP contribution in [0.2, 0.25) is 0 Å². The molecule has 1 aromatic rings. The van der Waals surface area contributed by atoms with Gasteiger partial charge in [-0.05, 0) is 32.7 Å². The molecule has 1 rings (SSSR count). The molecule has 0 spiro atoms. The van der Waals surface area contributed by atoms with Crippen LogP contribution in [0.15, 0.2) is 22.5 Å². The summed E-state index contributed by atoms with van der Waals surface area (Å²) in [6.45, 7) is 11.3. The van der Waals surface area contributed by atoms with Gasteiger partial charge in [0.15, 0.2) is 5.96 Å². The van der Waals surface area contributed by atoms with Crippen LogP contribution in [-0.2, 0) is 12.3 Å². The van der Waals surface area contributed by atoms with E-state index in [0.717, 1.165) is 43.1 Å². The summed E-state index contributed by atoms with van der Waals surface area (Å²) in [5.74, 6) is 2.57. The maximum absolute atomic E-state index is 5.76. The van der Waals surface area contributed by atoms with Gasteiger partial charge in [0.25, 0.3) is 0 Å². The van der Waals surface area contributed by atoms with E-state index in [-0.39, 0.29) is 0 Å². The third kappa shape index (κ3) is 9.63. The molecule has 0 amide bonds. The van der Waals surface area contributed by atoms with E-state index in [0.29, 0.717) is 12.5 Å². The van der Waals surface area contributed by atoms with Crippen LogP contribution < -0.4 is 11.1 Å². The fourth-order valence-electron chi connectivity index (χ4n) is 1.67. The summed E-state index contributed by atoms with van der Waals surface area (Å²) in [5, 5.41) is 6.50. The largest absolute Gasteiger partial charge is 0.370 e. The fourth-order valence-corrected chi connectivity index (χ4v) is 3.50. The SMILES string of the molecule is C=C(C)CN=C(N)NCCCSCc1csc(CN(C)CC)n1. The molecule has 0 saturated heterocycles. The Morgan fingerprint density at radius 3 is 3.04 bits per heavy atom. The lowest BCUT2D eigenvalue weighted by molar-refractivity contribution is 0.345. The number of thiazole rings is 1. The smallest absolute Gasteiger partial charge is 0.188 e. The van der Waals surface area contributed by atoms with Gasteiger partial charge in [0.1, 0.15) is 5.01 Å². The van der Waals surface area contributed by atoms with Gasteiger partial charge in [-0.3, -0.25) is 4.90 Å². The van der Waals surface area contributed by atoms with Gasteiger partial charge in [-0.2, -0.15) is 11.8 Å². The van der Waals surface area contributed by atoms with Crippen molar-refractivity contribution < 1.29 is 0 Å². The molecule has 3 N–H and O–H groups in total. The first-order valence-corrected chi connectivity index (χ1v) is 9.92. The van der Waals surface area contributed by atoms with Crippen LogP contribution in [0, 0.1) is 0 Å². The minimum Gasteiger partial charge on any atom is -0.370 e. The molecule has 1 aromatic heterocycles. The highest BCUT2D eigenvalue weighted by Crippen LogP contribution is 2.17. The third-order valence-electron chi connectivity index (χ3n) is 3.09. The number of hydrogen-bond acceptors (Lipinski definition) is 5. The van der Waals surface area contributed by atoms with Gasteiger partial charge in [0.05, 0.1) is 18.8 Å². The van der Waals surface area contributed by atoms with E-state index in [1.807, 2.05) is 18.7 Å². The molecule has 0 aliphatic carbocycles. The molecule has 23 heavy (non-hydrogen) atoms. The standard InChI is InChI=1S/C16H29N5S2/c1-5-21(4)10-15-20-14(12-23-15)11-22-8-6-7-18-16(17)19-9-13(2)3/h12H,2,5-11H2,1,3-4H3,(H3,17,18,19). The van der Waals surface area contributed by atoms with Crippen molar-refractivity contribution in [1.82, 2.24) is 15.2 Å². The number of thioether (sulfide) groups is 1. The number of rotatable bonds is 11. The number of hydrogen-bond donors (Lipinski definition) is 2. The molecule has 5 nitrogen and oxygen atoms in total. The second-order valence-corrected chi connectivity index (χ2v) is 7.60. The van der Waals surface area contributed by atoms with Crippen molar-refractivity contribution in [2.24, 2.45) is 10.7 Å². The lowest BCUT2D eigenvalue weighted by Crippen LogP contribution is -2.32. The van der Waals surface area contributed by atoms with Gasteiger partial charge < -0.3 is 11.1 Å². The quantitative estimate of drug-likeness (QED) is 0.276. The Morgan fingerprint density at radius 1 is 1.57 bits per heavy atom. The van der Waals surface area contributed by atoms with Crippen LogP contribution in [0.1, 0.15) is 31.0 Å². The molecule has 0 fully saturated rings. The normalized spacial score (nSPS) is 11.9. The van der Waals surface area contributed by atoms with E-state index in [9.17, 15) is 0 Å². The molecule has 0 atom stereocenters. The fraction of sp³-hybridized carbons (Fsp3) is 0.625. The minimum atomic E-state index is 0.502. The van der Waals surface area contributed by atoms with E-state index in [4.69, 9.17) is 5.73 Å². The van der Waals surface area contributed by atoms with Gasteiger partial charge in [-0.15, -0.1) is 11.3 Å². The zero-order valence-electron chi connectivity index (χ0n) is 14.5. The molecule has 0 saturated carbocycles. The molecule has 7 heteroatoms. The monoisotopic (exact) mass is 355 g/mol. The first kappa shape index (κ1) is 20.0. The average molecular weight is 356 g/mol. The second-order valence-electron chi connectivity index (χ2n) is 5.55. The van der Waals surface area contributed by atoms with Gasteiger partial charge >= 0.3 is 0 Å². The number of nitrogens with two attached hydrogens (primary N) is 1. The van der Waals surface area contributed by atoms with E-state index >= 15 is 0 Å². The molecule has 0 bridgehead atoms. The number of aromatic nitrogens is 1. The van der Waals surface area contributed by atoms with Crippen molar-refractivity contribution >= 4 is 29.1 Å². The third-order valence-corrected chi connectivity index (χ3v) is 5.04. The van der Waals surface area contributed by atoms with Crippen molar-refractivity contribution in [3.63, 3.8) is 0 Å². The molecular weight excluding hydrogens is 326 g/mol. The Bertz CT molecular complexity index is 498. The van der Waals surface area contributed by atoms with Gasteiger partial charge in [-0.25, -0.2) is 9.98 Å². The Morgan fingerprint density at radius 2 is 2.35 bits per heavy atom. The van der Waals surface area contributed by atoms with E-state index in [2.05, 4.69) is 46.1 Å². The molecule has 0 aliphatic heterocycles. The maximum atomic E-state index is 5.76. The Labute approximate surface area is 148 Å². The second kappa shape index (κ2) is 11.5. The highest BCUT2D eigenvalue weighted by Gasteiger charge is 2.04. The van der Waals surface area contributed by atoms with Crippen LogP contribution in [0.3, 0.4) is 0 Å². The van der Waals surface area contributed by atoms with Crippen LogP contribution in [0.25, 0.3) is 0 Å². The lowest BCUT2D eigenvalue weighted by atomic mass is 10.4. The predicted octanol–water partition coefficient (Wildman–Crippen LogP) is 2.70. The zero-order chi connectivity index (χ0) is 17.1. The summed E-state index contributed by atoms with van der Waals surface area (Å²) < 4.78 is 0. The number of guanidine groups is 1. The topological polar surface area (TPSA) is 66.5 Å². The van der Waals surface area contributed by atoms with Crippen LogP contribution >= 0.6 is 23.1 Å². The molecule has 1 heterocycles. The number of nitrogens with zero attached hydrogens (tertiary/aromatic N) is 3. The molecule has 0 aliphatic rings. The number of aliphatic imine (C=N–C) groups is 1. The molecular formula is C16H29N5S2. The molecule has 0 aromatic carbocycles. The summed E-state index contributed by atoms with van der Waals surface area (Å²) in [5.41, 5.74) is 7.96. The Hall–Kier alpha value is -1.05. The first-order chi connectivity index (χ1) is 11.0. The van der Waals surface area contributed by atoms with E-state index in [1.165, 1.54) is 10.7 Å². The first-order valence-electron chi connectivity index (χ1n) is 7.89. The van der Waals surface area contributed by atoms with E-state index < -0.39 is 0 Å². The van der Waals surface area contributed by atoms with Crippen molar-refractivity contribution in [2.75, 3.05) is 32.4 Å². The van der Waals surface area contributed by atoms with Crippen LogP contribution in [0.5, 0.6) is 0 Å². The molecule has 0 radical (unpaired) electrons. The van der Waals surface area contributed by atoms with E-state index in [1.54, 1.807) is 11.3 Å². The summed E-state index contributed by atoms with van der Waals surface area (Å²) >= 11 is 3.67. The van der Waals surface area contributed by atoms with Crippen molar-refractivity contribution in [1.29, 1.82) is 0 Å². The minimum absolute atomic E-state index is 0.502. The Kier molecular flexibility index (Phi) is 9.98. The summed E-state index contributed by atoms with van der Waals surface area (Å²) in [4.78, 5) is 11.1. The van der Waals surface area contributed by atoms with Crippen LogP contribution in [-0.4, -0.2) is 48.3 Å². The summed E-state index contributed by atoms with van der Waals surface area (Å²) in [7, 11) is 2.12. The van der Waals surface area contributed by atoms with Gasteiger partial charge in [0.2, 0.25) is 0 Å². The van der Waals surface area contributed by atoms with Crippen LogP contribution in [0.4, 0.5) is 0 Å². The van der Waals surface area contributed by atoms with Crippen molar-refractivity contribution in [2.45, 2.75) is 32.6 Å². The number of nitrogens with one attached hydrogen (secondary N) is 1. The maximum Gasteiger partial charge on any atom is 0.188 e. The van der Waals surface area contributed by atoms with Gasteiger partial charge in [-0.1, -0.05) is 19.1 Å².